The molecule has 4 nitrogen and oxygen atoms in total. The molecule has 1 heterocycles. The molecular weight excluding hydrogens is 366 g/mol. The van der Waals surface area contributed by atoms with Gasteiger partial charge in [-0.15, -0.1) is 16.8 Å². The lowest BCUT2D eigenvalue weighted by atomic mass is 10.2. The zero-order chi connectivity index (χ0) is 18.5. The average Bonchev–Trinajstić information content (AvgIpc) is 3.05. The molecule has 0 amide bonds. The number of hydrogen-bond donors (Lipinski definition) is 0. The highest BCUT2D eigenvalue weighted by molar-refractivity contribution is 7.99. The molecule has 0 bridgehead atoms. The molecule has 0 saturated carbocycles. The summed E-state index contributed by atoms with van der Waals surface area (Å²) >= 11 is 7.96. The molecule has 6 heteroatoms. The molecular formula is C20H20ClN3OS. The van der Waals surface area contributed by atoms with Gasteiger partial charge in [-0.1, -0.05) is 47.6 Å². The molecule has 2 aromatic carbocycles. The predicted octanol–water partition coefficient (Wildman–Crippen LogP) is 5.65. The van der Waals surface area contributed by atoms with E-state index in [9.17, 15) is 0 Å². The molecule has 0 aliphatic rings. The van der Waals surface area contributed by atoms with Crippen LogP contribution in [0.3, 0.4) is 0 Å². The smallest absolute Gasteiger partial charge is 0.192 e. The van der Waals surface area contributed by atoms with Crippen molar-refractivity contribution in [3.8, 4) is 17.1 Å². The fraction of sp³-hybridized carbons (Fsp3) is 0.200. The van der Waals surface area contributed by atoms with E-state index in [0.29, 0.717) is 6.54 Å². The number of rotatable bonds is 7. The Morgan fingerprint density at radius 2 is 1.92 bits per heavy atom. The van der Waals surface area contributed by atoms with E-state index in [-0.39, 0.29) is 5.25 Å². The highest BCUT2D eigenvalue weighted by Crippen LogP contribution is 2.38. The molecule has 0 N–H and O–H groups in total. The summed E-state index contributed by atoms with van der Waals surface area (Å²) < 4.78 is 7.29. The fourth-order valence-corrected chi connectivity index (χ4v) is 4.04. The lowest BCUT2D eigenvalue weighted by molar-refractivity contribution is 0.415. The Kier molecular flexibility index (Phi) is 6.01. The van der Waals surface area contributed by atoms with E-state index >= 15 is 0 Å². The van der Waals surface area contributed by atoms with Gasteiger partial charge in [0.25, 0.3) is 0 Å². The Labute approximate surface area is 162 Å². The van der Waals surface area contributed by atoms with Gasteiger partial charge in [-0.25, -0.2) is 0 Å². The van der Waals surface area contributed by atoms with Gasteiger partial charge in [0.05, 0.1) is 7.11 Å². The summed E-state index contributed by atoms with van der Waals surface area (Å²) in [5, 5.41) is 10.6. The zero-order valence-corrected chi connectivity index (χ0v) is 16.3. The van der Waals surface area contributed by atoms with Gasteiger partial charge < -0.3 is 4.74 Å². The maximum atomic E-state index is 6.33. The molecule has 3 aromatic rings. The summed E-state index contributed by atoms with van der Waals surface area (Å²) in [6, 6.07) is 15.7. The third-order valence-electron chi connectivity index (χ3n) is 4.00. The Hall–Kier alpha value is -2.24. The van der Waals surface area contributed by atoms with Crippen LogP contribution in [0.25, 0.3) is 11.4 Å². The van der Waals surface area contributed by atoms with Gasteiger partial charge in [-0.05, 0) is 42.8 Å². The number of aromatic nitrogens is 3. The molecule has 0 unspecified atom stereocenters. The van der Waals surface area contributed by atoms with Crippen LogP contribution in [0.4, 0.5) is 0 Å². The van der Waals surface area contributed by atoms with Crippen molar-refractivity contribution >= 4 is 23.4 Å². The fourth-order valence-electron chi connectivity index (χ4n) is 2.65. The molecule has 0 aliphatic carbocycles. The first-order valence-corrected chi connectivity index (χ1v) is 9.49. The molecule has 0 saturated heterocycles. The van der Waals surface area contributed by atoms with E-state index in [4.69, 9.17) is 16.3 Å². The molecule has 0 fully saturated rings. The van der Waals surface area contributed by atoms with Gasteiger partial charge in [-0.2, -0.15) is 0 Å². The van der Waals surface area contributed by atoms with Crippen LogP contribution in [0, 0.1) is 0 Å². The van der Waals surface area contributed by atoms with Crippen molar-refractivity contribution < 1.29 is 4.74 Å². The van der Waals surface area contributed by atoms with Gasteiger partial charge in [0.2, 0.25) is 0 Å². The van der Waals surface area contributed by atoms with Crippen LogP contribution < -0.4 is 4.74 Å². The third kappa shape index (κ3) is 3.94. The summed E-state index contributed by atoms with van der Waals surface area (Å²) in [6.45, 7) is 6.61. The van der Waals surface area contributed by atoms with E-state index < -0.39 is 0 Å². The SMILES string of the molecule is C=CCn1c(S[C@@H](C)c2ccccc2Cl)nnc1-c1ccc(OC)cc1. The zero-order valence-electron chi connectivity index (χ0n) is 14.7. The number of allylic oxidation sites excluding steroid dienone is 1. The second-order valence-corrected chi connectivity index (χ2v) is 7.43. The first-order valence-electron chi connectivity index (χ1n) is 8.23. The molecule has 1 atom stereocenters. The van der Waals surface area contributed by atoms with Crippen molar-refractivity contribution in [3.63, 3.8) is 0 Å². The number of ether oxygens (including phenoxy) is 1. The minimum absolute atomic E-state index is 0.153. The van der Waals surface area contributed by atoms with E-state index in [2.05, 4.69) is 28.3 Å². The maximum absolute atomic E-state index is 6.33. The molecule has 0 radical (unpaired) electrons. The van der Waals surface area contributed by atoms with Crippen LogP contribution in [0.1, 0.15) is 17.7 Å². The van der Waals surface area contributed by atoms with Crippen LogP contribution >= 0.6 is 23.4 Å². The largest absolute Gasteiger partial charge is 0.497 e. The molecule has 1 aromatic heterocycles. The number of thioether (sulfide) groups is 1. The summed E-state index contributed by atoms with van der Waals surface area (Å²) in [5.41, 5.74) is 2.07. The van der Waals surface area contributed by atoms with E-state index in [0.717, 1.165) is 32.9 Å². The van der Waals surface area contributed by atoms with E-state index in [1.165, 1.54) is 0 Å². The second-order valence-electron chi connectivity index (χ2n) is 5.72. The van der Waals surface area contributed by atoms with Crippen LogP contribution in [0.5, 0.6) is 5.75 Å². The Balaban J connectivity index is 1.91. The van der Waals surface area contributed by atoms with Gasteiger partial charge in [0.1, 0.15) is 5.75 Å². The number of methoxy groups -OCH3 is 1. The van der Waals surface area contributed by atoms with Gasteiger partial charge in [-0.3, -0.25) is 4.57 Å². The highest BCUT2D eigenvalue weighted by atomic mass is 35.5. The third-order valence-corrected chi connectivity index (χ3v) is 5.47. The van der Waals surface area contributed by atoms with Gasteiger partial charge >= 0.3 is 0 Å². The second kappa shape index (κ2) is 8.43. The monoisotopic (exact) mass is 385 g/mol. The normalized spacial score (nSPS) is 12.0. The molecule has 0 aliphatic heterocycles. The molecule has 26 heavy (non-hydrogen) atoms. The van der Waals surface area contributed by atoms with E-state index in [1.807, 2.05) is 54.6 Å². The standard InChI is InChI=1S/C20H20ClN3OS/c1-4-13-24-19(15-9-11-16(25-3)12-10-15)22-23-20(24)26-14(2)17-7-5-6-8-18(17)21/h4-12,14H,1,13H2,2-3H3/t14-/m0/s1. The van der Waals surface area contributed by atoms with Crippen molar-refractivity contribution in [2.75, 3.05) is 7.11 Å². The number of halogens is 1. The maximum Gasteiger partial charge on any atom is 0.192 e. The first-order chi connectivity index (χ1) is 12.6. The summed E-state index contributed by atoms with van der Waals surface area (Å²) in [5.74, 6) is 1.62. The highest BCUT2D eigenvalue weighted by Gasteiger charge is 2.18. The quantitative estimate of drug-likeness (QED) is 0.389. The van der Waals surface area contributed by atoms with Crippen molar-refractivity contribution in [1.29, 1.82) is 0 Å². The van der Waals surface area contributed by atoms with Crippen LogP contribution in [0.15, 0.2) is 66.3 Å². The summed E-state index contributed by atoms with van der Waals surface area (Å²) in [7, 11) is 1.65. The number of benzene rings is 2. The van der Waals surface area contributed by atoms with Crippen molar-refractivity contribution in [3.05, 3.63) is 71.8 Å². The minimum Gasteiger partial charge on any atom is -0.497 e. The molecule has 0 spiro atoms. The lowest BCUT2D eigenvalue weighted by Gasteiger charge is -2.14. The Morgan fingerprint density at radius 1 is 1.19 bits per heavy atom. The Morgan fingerprint density at radius 3 is 2.58 bits per heavy atom. The van der Waals surface area contributed by atoms with Gasteiger partial charge in [0, 0.05) is 22.4 Å². The van der Waals surface area contributed by atoms with Crippen LogP contribution in [0.2, 0.25) is 5.02 Å². The summed E-state index contributed by atoms with van der Waals surface area (Å²) in [4.78, 5) is 0. The number of nitrogens with zero attached hydrogens (tertiary/aromatic N) is 3. The van der Waals surface area contributed by atoms with Crippen molar-refractivity contribution in [2.24, 2.45) is 0 Å². The lowest BCUT2D eigenvalue weighted by Crippen LogP contribution is -2.02. The van der Waals surface area contributed by atoms with E-state index in [1.54, 1.807) is 18.9 Å². The number of hydrogen-bond acceptors (Lipinski definition) is 4. The predicted molar refractivity (Wildman–Crippen MR) is 108 cm³/mol. The minimum atomic E-state index is 0.153. The van der Waals surface area contributed by atoms with Crippen LogP contribution in [-0.2, 0) is 6.54 Å². The average molecular weight is 386 g/mol. The topological polar surface area (TPSA) is 39.9 Å². The van der Waals surface area contributed by atoms with Crippen LogP contribution in [-0.4, -0.2) is 21.9 Å². The first kappa shape index (κ1) is 18.5. The van der Waals surface area contributed by atoms with Crippen molar-refractivity contribution in [1.82, 2.24) is 14.8 Å². The molecule has 134 valence electrons. The Bertz CT molecular complexity index is 892. The van der Waals surface area contributed by atoms with Crippen molar-refractivity contribution in [2.45, 2.75) is 23.9 Å². The summed E-state index contributed by atoms with van der Waals surface area (Å²) in [6.07, 6.45) is 1.85. The molecule has 3 rings (SSSR count). The van der Waals surface area contributed by atoms with Gasteiger partial charge in [0.15, 0.2) is 11.0 Å².